The molecule has 0 saturated heterocycles. The van der Waals surface area contributed by atoms with E-state index in [0.29, 0.717) is 11.2 Å². The molecule has 0 heterocycles. The minimum absolute atomic E-state index is 0.356. The molecule has 94 valence electrons. The van der Waals surface area contributed by atoms with Crippen LogP contribution in [0.3, 0.4) is 0 Å². The molecule has 1 fully saturated rings. The summed E-state index contributed by atoms with van der Waals surface area (Å²) in [5, 5.41) is 13.3. The fraction of sp³-hybridized carbons (Fsp3) is 0.571. The maximum absolute atomic E-state index is 9.86. The average molecular weight is 298 g/mol. The number of phenols is 1. The van der Waals surface area contributed by atoms with Crippen molar-refractivity contribution in [1.82, 2.24) is 5.32 Å². The summed E-state index contributed by atoms with van der Waals surface area (Å²) in [6, 6.07) is 5.77. The van der Waals surface area contributed by atoms with E-state index in [1.807, 2.05) is 18.2 Å². The number of phenolic OH excluding ortho intramolecular Hbond substituents is 1. The lowest BCUT2D eigenvalue weighted by molar-refractivity contribution is 0.336. The predicted molar refractivity (Wildman–Crippen MR) is 74.0 cm³/mol. The maximum atomic E-state index is 9.86. The van der Waals surface area contributed by atoms with Crippen LogP contribution in [0.25, 0.3) is 0 Å². The molecule has 0 atom stereocenters. The summed E-state index contributed by atoms with van der Waals surface area (Å²) in [6.45, 7) is 6.38. The highest BCUT2D eigenvalue weighted by molar-refractivity contribution is 9.10. The molecule has 1 aromatic rings. The molecule has 0 bridgehead atoms. The number of benzene rings is 1. The van der Waals surface area contributed by atoms with Crippen LogP contribution in [0, 0.1) is 11.3 Å². The first kappa shape index (κ1) is 12.9. The number of nitrogens with one attached hydrogen (secondary N) is 1. The van der Waals surface area contributed by atoms with E-state index in [9.17, 15) is 5.11 Å². The van der Waals surface area contributed by atoms with Crippen LogP contribution in [-0.4, -0.2) is 11.7 Å². The van der Waals surface area contributed by atoms with Crippen molar-refractivity contribution >= 4 is 15.9 Å². The molecule has 1 aliphatic rings. The van der Waals surface area contributed by atoms with Crippen LogP contribution in [0.5, 0.6) is 5.75 Å². The lowest BCUT2D eigenvalue weighted by Crippen LogP contribution is -2.27. The Morgan fingerprint density at radius 1 is 1.41 bits per heavy atom. The Kier molecular flexibility index (Phi) is 3.79. The van der Waals surface area contributed by atoms with Crippen molar-refractivity contribution in [2.45, 2.75) is 33.2 Å². The summed E-state index contributed by atoms with van der Waals surface area (Å²) in [5.74, 6) is 1.10. The third-order valence-electron chi connectivity index (χ3n) is 3.98. The molecule has 17 heavy (non-hydrogen) atoms. The Labute approximate surface area is 112 Å². The molecule has 1 aromatic carbocycles. The van der Waals surface area contributed by atoms with E-state index in [2.05, 4.69) is 35.1 Å². The Bertz CT molecular complexity index is 399. The first-order valence-electron chi connectivity index (χ1n) is 6.22. The highest BCUT2D eigenvalue weighted by Gasteiger charge is 2.44. The summed E-state index contributed by atoms with van der Waals surface area (Å²) in [4.78, 5) is 0. The van der Waals surface area contributed by atoms with E-state index >= 15 is 0 Å². The summed E-state index contributed by atoms with van der Waals surface area (Å²) in [7, 11) is 0. The third kappa shape index (κ3) is 2.83. The number of hydrogen-bond acceptors (Lipinski definition) is 2. The van der Waals surface area contributed by atoms with Crippen LogP contribution in [0.2, 0.25) is 0 Å². The van der Waals surface area contributed by atoms with Gasteiger partial charge in [0.05, 0.1) is 4.47 Å². The van der Waals surface area contributed by atoms with Gasteiger partial charge in [0.25, 0.3) is 0 Å². The summed E-state index contributed by atoms with van der Waals surface area (Å²) in [5.41, 5.74) is 1.47. The monoisotopic (exact) mass is 297 g/mol. The van der Waals surface area contributed by atoms with Crippen molar-refractivity contribution < 1.29 is 5.11 Å². The van der Waals surface area contributed by atoms with Crippen molar-refractivity contribution in [3.8, 4) is 5.75 Å². The summed E-state index contributed by atoms with van der Waals surface area (Å²) >= 11 is 3.34. The second-order valence-electron chi connectivity index (χ2n) is 5.37. The largest absolute Gasteiger partial charge is 0.506 e. The normalized spacial score (nSPS) is 17.4. The summed E-state index contributed by atoms with van der Waals surface area (Å²) < 4.78 is 0.766. The Balaban J connectivity index is 1.89. The van der Waals surface area contributed by atoms with E-state index in [0.717, 1.165) is 29.0 Å². The quantitative estimate of drug-likeness (QED) is 0.869. The molecule has 0 aliphatic heterocycles. The molecule has 3 heteroatoms. The van der Waals surface area contributed by atoms with Gasteiger partial charge in [-0.05, 0) is 46.2 Å². The van der Waals surface area contributed by atoms with Crippen LogP contribution in [-0.2, 0) is 6.54 Å². The highest BCUT2D eigenvalue weighted by atomic mass is 79.9. The molecule has 0 radical (unpaired) electrons. The van der Waals surface area contributed by atoms with Gasteiger partial charge >= 0.3 is 0 Å². The van der Waals surface area contributed by atoms with Crippen LogP contribution in [0.15, 0.2) is 22.7 Å². The van der Waals surface area contributed by atoms with Gasteiger partial charge in [-0.3, -0.25) is 0 Å². The molecule has 1 aliphatic carbocycles. The minimum atomic E-state index is 0.356. The van der Waals surface area contributed by atoms with Crippen molar-refractivity contribution in [2.24, 2.45) is 11.3 Å². The second-order valence-corrected chi connectivity index (χ2v) is 6.22. The number of hydrogen-bond donors (Lipinski definition) is 2. The lowest BCUT2D eigenvalue weighted by Gasteiger charge is -2.20. The van der Waals surface area contributed by atoms with Gasteiger partial charge < -0.3 is 10.4 Å². The topological polar surface area (TPSA) is 32.3 Å². The Morgan fingerprint density at radius 3 is 2.71 bits per heavy atom. The zero-order valence-corrected chi connectivity index (χ0v) is 12.0. The number of halogens is 1. The van der Waals surface area contributed by atoms with Crippen LogP contribution in [0.1, 0.15) is 32.3 Å². The van der Waals surface area contributed by atoms with E-state index in [4.69, 9.17) is 0 Å². The lowest BCUT2D eigenvalue weighted by atomic mass is 9.92. The molecular weight excluding hydrogens is 278 g/mol. The minimum Gasteiger partial charge on any atom is -0.506 e. The third-order valence-corrected chi connectivity index (χ3v) is 4.62. The molecule has 2 N–H and O–H groups in total. The van der Waals surface area contributed by atoms with Gasteiger partial charge in [-0.25, -0.2) is 0 Å². The van der Waals surface area contributed by atoms with E-state index < -0.39 is 0 Å². The van der Waals surface area contributed by atoms with Crippen molar-refractivity contribution in [2.75, 3.05) is 6.54 Å². The highest BCUT2D eigenvalue weighted by Crippen LogP contribution is 2.51. The predicted octanol–water partition coefficient (Wildman–Crippen LogP) is 3.68. The molecule has 2 rings (SSSR count). The van der Waals surface area contributed by atoms with Gasteiger partial charge in [0.15, 0.2) is 0 Å². The fourth-order valence-corrected chi connectivity index (χ4v) is 2.67. The number of para-hydroxylation sites is 1. The smallest absolute Gasteiger partial charge is 0.134 e. The zero-order valence-electron chi connectivity index (χ0n) is 10.5. The van der Waals surface area contributed by atoms with Gasteiger partial charge in [-0.15, -0.1) is 0 Å². The first-order chi connectivity index (χ1) is 8.05. The van der Waals surface area contributed by atoms with Gasteiger partial charge in [-0.1, -0.05) is 26.0 Å². The van der Waals surface area contributed by atoms with Crippen LogP contribution >= 0.6 is 15.9 Å². The van der Waals surface area contributed by atoms with Gasteiger partial charge in [-0.2, -0.15) is 0 Å². The molecule has 0 aromatic heterocycles. The molecule has 1 saturated carbocycles. The van der Waals surface area contributed by atoms with Crippen LogP contribution < -0.4 is 5.32 Å². The Morgan fingerprint density at radius 2 is 2.12 bits per heavy atom. The molecule has 0 spiro atoms. The maximum Gasteiger partial charge on any atom is 0.134 e. The average Bonchev–Trinajstić information content (AvgIpc) is 3.05. The number of aromatic hydroxyl groups is 1. The van der Waals surface area contributed by atoms with E-state index in [-0.39, 0.29) is 0 Å². The second kappa shape index (κ2) is 4.99. The van der Waals surface area contributed by atoms with Gasteiger partial charge in [0, 0.05) is 18.7 Å². The van der Waals surface area contributed by atoms with E-state index in [1.165, 1.54) is 12.8 Å². The SMILES string of the molecule is CC(C)C1(CNCc2cccc(Br)c2O)CC1. The molecule has 0 unspecified atom stereocenters. The van der Waals surface area contributed by atoms with E-state index in [1.54, 1.807) is 0 Å². The van der Waals surface area contributed by atoms with Crippen LogP contribution in [0.4, 0.5) is 0 Å². The standard InChI is InChI=1S/C14H20BrNO/c1-10(2)14(6-7-14)9-16-8-11-4-3-5-12(15)13(11)17/h3-5,10,16-17H,6-9H2,1-2H3. The summed E-state index contributed by atoms with van der Waals surface area (Å²) in [6.07, 6.45) is 2.67. The van der Waals surface area contributed by atoms with Crippen molar-refractivity contribution in [3.05, 3.63) is 28.2 Å². The molecule has 0 amide bonds. The Hall–Kier alpha value is -0.540. The zero-order chi connectivity index (χ0) is 12.5. The molecular formula is C14H20BrNO. The van der Waals surface area contributed by atoms with Gasteiger partial charge in [0.1, 0.15) is 5.75 Å². The van der Waals surface area contributed by atoms with Crippen molar-refractivity contribution in [3.63, 3.8) is 0 Å². The first-order valence-corrected chi connectivity index (χ1v) is 7.01. The van der Waals surface area contributed by atoms with Crippen molar-refractivity contribution in [1.29, 1.82) is 0 Å². The molecule has 2 nitrogen and oxygen atoms in total. The fourth-order valence-electron chi connectivity index (χ4n) is 2.27. The number of rotatable bonds is 5. The van der Waals surface area contributed by atoms with Gasteiger partial charge in [0.2, 0.25) is 0 Å².